The van der Waals surface area contributed by atoms with Crippen molar-refractivity contribution in [3.05, 3.63) is 82.7 Å². The minimum Gasteiger partial charge on any atom is -0.478 e. The molecule has 2 heterocycles. The van der Waals surface area contributed by atoms with E-state index in [1.54, 1.807) is 0 Å². The van der Waals surface area contributed by atoms with Crippen molar-refractivity contribution < 1.29 is 23.1 Å². The number of benzene rings is 2. The number of rotatable bonds is 7. The second kappa shape index (κ2) is 9.49. The van der Waals surface area contributed by atoms with Crippen molar-refractivity contribution in [2.24, 2.45) is 0 Å². The van der Waals surface area contributed by atoms with Crippen LogP contribution in [0.25, 0.3) is 17.2 Å². The van der Waals surface area contributed by atoms with Crippen molar-refractivity contribution in [2.45, 2.75) is 63.8 Å². The summed E-state index contributed by atoms with van der Waals surface area (Å²) < 4.78 is 47.9. The zero-order valence-electron chi connectivity index (χ0n) is 21.1. The van der Waals surface area contributed by atoms with Gasteiger partial charge in [-0.05, 0) is 80.5 Å². The molecule has 2 aromatic carbocycles. The molecule has 5 rings (SSSR count). The number of aliphatic carboxylic acids is 1. The number of hydrogen-bond donors (Lipinski definition) is 1. The smallest absolute Gasteiger partial charge is 0.328 e. The first-order valence-electron chi connectivity index (χ1n) is 12.5. The number of fused-ring (bicyclic) bond motifs is 1. The molecule has 37 heavy (non-hydrogen) atoms. The Hall–Kier alpha value is -3.39. The molecule has 2 atom stereocenters. The van der Waals surface area contributed by atoms with Crippen LogP contribution in [0.1, 0.15) is 68.0 Å². The van der Waals surface area contributed by atoms with E-state index in [9.17, 15) is 9.18 Å². The zero-order chi connectivity index (χ0) is 26.5. The molecule has 1 saturated carbocycles. The van der Waals surface area contributed by atoms with Crippen molar-refractivity contribution in [3.63, 3.8) is 0 Å². The van der Waals surface area contributed by atoms with Gasteiger partial charge in [-0.3, -0.25) is 9.58 Å². The summed E-state index contributed by atoms with van der Waals surface area (Å²) in [6.45, 7) is 4.85. The molecular formula is C29H30F3N3O2. The lowest BCUT2D eigenvalue weighted by Gasteiger charge is -2.44. The minimum atomic E-state index is -1.58. The maximum Gasteiger partial charge on any atom is 0.328 e. The lowest BCUT2D eigenvalue weighted by atomic mass is 9.82. The predicted molar refractivity (Wildman–Crippen MR) is 136 cm³/mol. The van der Waals surface area contributed by atoms with Gasteiger partial charge < -0.3 is 5.11 Å². The highest BCUT2D eigenvalue weighted by Gasteiger charge is 2.39. The van der Waals surface area contributed by atoms with Gasteiger partial charge in [-0.1, -0.05) is 18.2 Å². The number of carboxylic acid groups (broad SMARTS) is 1. The molecule has 0 spiro atoms. The second-order valence-electron chi connectivity index (χ2n) is 10.8. The summed E-state index contributed by atoms with van der Waals surface area (Å²) in [5.74, 6) is -2.81. The average Bonchev–Trinajstić information content (AvgIpc) is 3.54. The molecule has 8 heteroatoms. The molecule has 0 amide bonds. The molecule has 1 N–H and O–H groups in total. The van der Waals surface area contributed by atoms with Gasteiger partial charge in [0.2, 0.25) is 0 Å². The molecule has 1 aliphatic carbocycles. The predicted octanol–water partition coefficient (Wildman–Crippen LogP) is 6.35. The van der Waals surface area contributed by atoms with Gasteiger partial charge >= 0.3 is 5.97 Å². The third-order valence-corrected chi connectivity index (χ3v) is 7.06. The summed E-state index contributed by atoms with van der Waals surface area (Å²) in [5.41, 5.74) is 2.00. The minimum absolute atomic E-state index is 0.00622. The fourth-order valence-electron chi connectivity index (χ4n) is 5.25. The van der Waals surface area contributed by atoms with Crippen LogP contribution in [0, 0.1) is 11.6 Å². The summed E-state index contributed by atoms with van der Waals surface area (Å²) in [6, 6.07) is 7.54. The monoisotopic (exact) mass is 509 g/mol. The Morgan fingerprint density at radius 3 is 2.49 bits per heavy atom. The fraction of sp³-hybridized carbons (Fsp3) is 0.379. The van der Waals surface area contributed by atoms with E-state index in [-0.39, 0.29) is 23.7 Å². The number of carboxylic acids is 1. The molecule has 1 fully saturated rings. The van der Waals surface area contributed by atoms with Crippen LogP contribution in [0.15, 0.2) is 48.8 Å². The van der Waals surface area contributed by atoms with Crippen LogP contribution in [-0.4, -0.2) is 44.0 Å². The highest BCUT2D eigenvalue weighted by Crippen LogP contribution is 2.43. The van der Waals surface area contributed by atoms with E-state index in [1.165, 1.54) is 13.8 Å². The number of nitrogens with zero attached hydrogens (tertiary/aromatic N) is 3. The van der Waals surface area contributed by atoms with Crippen molar-refractivity contribution in [1.29, 1.82) is 0 Å². The molecule has 1 aromatic heterocycles. The molecule has 0 bridgehead atoms. The fourth-order valence-corrected chi connectivity index (χ4v) is 5.25. The van der Waals surface area contributed by atoms with Crippen LogP contribution in [-0.2, 0) is 11.2 Å². The van der Waals surface area contributed by atoms with Crippen molar-refractivity contribution in [1.82, 2.24) is 14.7 Å². The van der Waals surface area contributed by atoms with Crippen LogP contribution in [0.5, 0.6) is 0 Å². The third kappa shape index (κ3) is 5.34. The van der Waals surface area contributed by atoms with E-state index in [4.69, 9.17) is 5.11 Å². The van der Waals surface area contributed by atoms with Crippen molar-refractivity contribution in [3.8, 4) is 11.1 Å². The molecule has 1 aliphatic heterocycles. The van der Waals surface area contributed by atoms with Gasteiger partial charge in [-0.15, -0.1) is 0 Å². The molecule has 194 valence electrons. The summed E-state index contributed by atoms with van der Waals surface area (Å²) in [5, 5.41) is 13.3. The Kier molecular flexibility index (Phi) is 6.48. The lowest BCUT2D eigenvalue weighted by Crippen LogP contribution is -2.48. The molecule has 3 aromatic rings. The molecule has 0 unspecified atom stereocenters. The first-order valence-corrected chi connectivity index (χ1v) is 12.5. The highest BCUT2D eigenvalue weighted by atomic mass is 19.1. The maximum atomic E-state index is 15.5. The largest absolute Gasteiger partial charge is 0.478 e. The highest BCUT2D eigenvalue weighted by molar-refractivity contribution is 5.85. The van der Waals surface area contributed by atoms with Gasteiger partial charge in [0, 0.05) is 36.0 Å². The quantitative estimate of drug-likeness (QED) is 0.378. The molecule has 2 aliphatic rings. The van der Waals surface area contributed by atoms with E-state index in [0.717, 1.165) is 59.4 Å². The average molecular weight is 510 g/mol. The zero-order valence-corrected chi connectivity index (χ0v) is 21.1. The van der Waals surface area contributed by atoms with E-state index >= 15 is 8.78 Å². The van der Waals surface area contributed by atoms with Gasteiger partial charge in [0.05, 0.1) is 18.3 Å². The van der Waals surface area contributed by atoms with E-state index in [2.05, 4.69) is 5.10 Å². The lowest BCUT2D eigenvalue weighted by molar-refractivity contribution is -0.131. The Labute approximate surface area is 214 Å². The topological polar surface area (TPSA) is 58.4 Å². The van der Waals surface area contributed by atoms with E-state index < -0.39 is 29.3 Å². The summed E-state index contributed by atoms with van der Waals surface area (Å²) in [7, 11) is 0. The van der Waals surface area contributed by atoms with Crippen LogP contribution in [0.4, 0.5) is 13.2 Å². The molecule has 0 saturated heterocycles. The van der Waals surface area contributed by atoms with Gasteiger partial charge in [0.15, 0.2) is 0 Å². The Balaban J connectivity index is 1.59. The van der Waals surface area contributed by atoms with Crippen LogP contribution in [0.2, 0.25) is 0 Å². The maximum absolute atomic E-state index is 15.5. The summed E-state index contributed by atoms with van der Waals surface area (Å²) in [6.07, 6.45) is 8.72. The third-order valence-electron chi connectivity index (χ3n) is 7.06. The van der Waals surface area contributed by atoms with E-state index in [0.29, 0.717) is 12.5 Å². The number of halogens is 3. The molecule has 5 nitrogen and oxygen atoms in total. The van der Waals surface area contributed by atoms with E-state index in [1.807, 2.05) is 47.1 Å². The first-order chi connectivity index (χ1) is 17.5. The molecular weight excluding hydrogens is 479 g/mol. The number of carbonyl (C=O) groups is 1. The Morgan fingerprint density at radius 2 is 1.86 bits per heavy atom. The number of hydrogen-bond acceptors (Lipinski definition) is 3. The second-order valence-corrected chi connectivity index (χ2v) is 10.8. The van der Waals surface area contributed by atoms with Crippen molar-refractivity contribution >= 4 is 12.0 Å². The normalized spacial score (nSPS) is 20.4. The Bertz CT molecular complexity index is 1350. The first kappa shape index (κ1) is 25.3. The SMILES string of the molecule is C[C@H]1Cc2cc(-c3cnn(C4CC4)c3)ccc2[C@H](c2c(F)cc(/C=C/C(=O)O)cc2F)N1CC(C)(C)F. The number of alkyl halides is 1. The number of aromatic nitrogens is 2. The van der Waals surface area contributed by atoms with Crippen LogP contribution >= 0.6 is 0 Å². The van der Waals surface area contributed by atoms with Gasteiger partial charge in [-0.2, -0.15) is 5.10 Å². The van der Waals surface area contributed by atoms with Crippen LogP contribution in [0.3, 0.4) is 0 Å². The summed E-state index contributed by atoms with van der Waals surface area (Å²) in [4.78, 5) is 12.7. The summed E-state index contributed by atoms with van der Waals surface area (Å²) >= 11 is 0. The Morgan fingerprint density at radius 1 is 1.16 bits per heavy atom. The standard InChI is InChI=1S/C29H30F3N3O2/c1-17-10-20-13-19(21-14-33-35(15-21)22-6-7-22)5-8-23(20)28(34(17)16-29(2,3)32)27-24(30)11-18(12-25(27)31)4-9-26(36)37/h4-5,8-9,11-15,17,22,28H,6-7,10,16H2,1-3H3,(H,36,37)/b9-4+/t17-,28+/m0/s1. The van der Waals surface area contributed by atoms with Gasteiger partial charge in [-0.25, -0.2) is 18.0 Å². The van der Waals surface area contributed by atoms with Crippen molar-refractivity contribution in [2.75, 3.05) is 6.54 Å². The van der Waals surface area contributed by atoms with Gasteiger partial charge in [0.25, 0.3) is 0 Å². The van der Waals surface area contributed by atoms with Crippen LogP contribution < -0.4 is 0 Å². The molecule has 0 radical (unpaired) electrons. The van der Waals surface area contributed by atoms with Gasteiger partial charge in [0.1, 0.15) is 17.3 Å².